The minimum Gasteiger partial charge on any atom is -0.491 e. The highest BCUT2D eigenvalue weighted by Crippen LogP contribution is 2.24. The number of benzene rings is 2. The molecule has 1 fully saturated rings. The van der Waals surface area contributed by atoms with Gasteiger partial charge in [0.2, 0.25) is 0 Å². The van der Waals surface area contributed by atoms with Crippen molar-refractivity contribution in [1.29, 1.82) is 0 Å². The number of ether oxygens (including phenoxy) is 1. The molecule has 1 aliphatic rings. The highest BCUT2D eigenvalue weighted by molar-refractivity contribution is 7.13. The van der Waals surface area contributed by atoms with Gasteiger partial charge >= 0.3 is 0 Å². The fraction of sp³-hybridized carbons (Fsp3) is 0.375. The molecule has 0 aliphatic carbocycles. The maximum atomic E-state index is 10.3. The molecular formula is C24H29N3O2S. The van der Waals surface area contributed by atoms with Gasteiger partial charge in [0, 0.05) is 50.2 Å². The van der Waals surface area contributed by atoms with Gasteiger partial charge in [0.05, 0.1) is 5.69 Å². The highest BCUT2D eigenvalue weighted by Gasteiger charge is 2.20. The first-order chi connectivity index (χ1) is 14.7. The van der Waals surface area contributed by atoms with Gasteiger partial charge in [0.1, 0.15) is 23.5 Å². The number of piperazine rings is 1. The Labute approximate surface area is 182 Å². The lowest BCUT2D eigenvalue weighted by atomic mass is 10.2. The molecule has 2 aromatic carbocycles. The smallest absolute Gasteiger partial charge is 0.123 e. The van der Waals surface area contributed by atoms with Crippen LogP contribution in [0.4, 0.5) is 0 Å². The molecule has 0 bridgehead atoms. The number of hydrogen-bond donors (Lipinski definition) is 1. The number of nitrogens with zero attached hydrogens (tertiary/aromatic N) is 3. The number of aliphatic hydroxyl groups excluding tert-OH is 1. The summed E-state index contributed by atoms with van der Waals surface area (Å²) in [5.41, 5.74) is 3.52. The van der Waals surface area contributed by atoms with Crippen molar-refractivity contribution in [2.45, 2.75) is 19.6 Å². The number of rotatable bonds is 8. The van der Waals surface area contributed by atoms with E-state index in [4.69, 9.17) is 9.72 Å². The number of aryl methyl sites for hydroxylation is 1. The summed E-state index contributed by atoms with van der Waals surface area (Å²) >= 11 is 1.71. The lowest BCUT2D eigenvalue weighted by Crippen LogP contribution is -2.48. The number of β-amino-alcohol motifs (C(OH)–C–C–N with tert-alkyl or cyclic N) is 1. The molecule has 1 aromatic heterocycles. The molecular weight excluding hydrogens is 394 g/mol. The molecule has 1 aliphatic heterocycles. The number of thiazole rings is 1. The van der Waals surface area contributed by atoms with E-state index < -0.39 is 6.10 Å². The van der Waals surface area contributed by atoms with Crippen LogP contribution in [0.25, 0.3) is 10.6 Å². The molecule has 6 heteroatoms. The van der Waals surface area contributed by atoms with Crippen molar-refractivity contribution in [2.24, 2.45) is 0 Å². The fourth-order valence-electron chi connectivity index (χ4n) is 3.63. The minimum atomic E-state index is -0.482. The van der Waals surface area contributed by atoms with Gasteiger partial charge in [-0.05, 0) is 19.1 Å². The van der Waals surface area contributed by atoms with Crippen LogP contribution in [0.15, 0.2) is 60.0 Å². The van der Waals surface area contributed by atoms with Crippen LogP contribution >= 0.6 is 11.3 Å². The monoisotopic (exact) mass is 423 g/mol. The van der Waals surface area contributed by atoms with Gasteiger partial charge in [-0.2, -0.15) is 0 Å². The molecule has 2 heterocycles. The summed E-state index contributed by atoms with van der Waals surface area (Å²) in [7, 11) is 0. The average molecular weight is 424 g/mol. The van der Waals surface area contributed by atoms with Crippen molar-refractivity contribution >= 4 is 11.3 Å². The Balaban J connectivity index is 1.18. The van der Waals surface area contributed by atoms with Gasteiger partial charge in [-0.1, -0.05) is 48.0 Å². The molecule has 30 heavy (non-hydrogen) atoms. The van der Waals surface area contributed by atoms with Gasteiger partial charge in [0.25, 0.3) is 0 Å². The van der Waals surface area contributed by atoms with Crippen LogP contribution in [0.5, 0.6) is 5.75 Å². The summed E-state index contributed by atoms with van der Waals surface area (Å²) in [6.45, 7) is 7.80. The molecule has 5 nitrogen and oxygen atoms in total. The predicted molar refractivity (Wildman–Crippen MR) is 122 cm³/mol. The number of hydrogen-bond acceptors (Lipinski definition) is 6. The first-order valence-electron chi connectivity index (χ1n) is 10.5. The first-order valence-corrected chi connectivity index (χ1v) is 11.4. The number of aliphatic hydroxyl groups is 1. The average Bonchev–Trinajstić information content (AvgIpc) is 3.24. The molecule has 158 valence electrons. The van der Waals surface area contributed by atoms with E-state index >= 15 is 0 Å². The van der Waals surface area contributed by atoms with Gasteiger partial charge in [-0.25, -0.2) is 4.98 Å². The fourth-order valence-corrected chi connectivity index (χ4v) is 4.45. The standard InChI is InChI=1S/C24H29N3O2S/c1-19-7-9-23(10-8-19)29-17-22(28)16-27-13-11-26(12-14-27)15-21-18-30-24(25-21)20-5-3-2-4-6-20/h2-10,18,22,28H,11-17H2,1H3. The van der Waals surface area contributed by atoms with Crippen molar-refractivity contribution in [3.8, 4) is 16.3 Å². The van der Waals surface area contributed by atoms with Crippen LogP contribution in [-0.4, -0.2) is 65.3 Å². The Morgan fingerprint density at radius 2 is 1.70 bits per heavy atom. The predicted octanol–water partition coefficient (Wildman–Crippen LogP) is 3.68. The Bertz CT molecular complexity index is 906. The Morgan fingerprint density at radius 1 is 1.00 bits per heavy atom. The normalized spacial score (nSPS) is 16.5. The van der Waals surface area contributed by atoms with Crippen molar-refractivity contribution < 1.29 is 9.84 Å². The minimum absolute atomic E-state index is 0.324. The second-order valence-electron chi connectivity index (χ2n) is 7.86. The van der Waals surface area contributed by atoms with E-state index in [2.05, 4.69) is 46.4 Å². The topological polar surface area (TPSA) is 48.8 Å². The van der Waals surface area contributed by atoms with E-state index in [1.165, 1.54) is 11.1 Å². The maximum Gasteiger partial charge on any atom is 0.123 e. The van der Waals surface area contributed by atoms with E-state index in [1.54, 1.807) is 11.3 Å². The highest BCUT2D eigenvalue weighted by atomic mass is 32.1. The van der Waals surface area contributed by atoms with E-state index in [-0.39, 0.29) is 0 Å². The third-order valence-corrected chi connectivity index (χ3v) is 6.30. The molecule has 1 atom stereocenters. The SMILES string of the molecule is Cc1ccc(OCC(O)CN2CCN(Cc3csc(-c4ccccc4)n3)CC2)cc1. The second-order valence-corrected chi connectivity index (χ2v) is 8.72. The van der Waals surface area contributed by atoms with Crippen LogP contribution in [0.1, 0.15) is 11.3 Å². The van der Waals surface area contributed by atoms with E-state index in [0.29, 0.717) is 13.2 Å². The summed E-state index contributed by atoms with van der Waals surface area (Å²) < 4.78 is 5.71. The van der Waals surface area contributed by atoms with Crippen molar-refractivity contribution in [3.05, 3.63) is 71.2 Å². The van der Waals surface area contributed by atoms with Crippen molar-refractivity contribution in [1.82, 2.24) is 14.8 Å². The first kappa shape index (κ1) is 21.0. The summed E-state index contributed by atoms with van der Waals surface area (Å²) in [6, 6.07) is 18.3. The summed E-state index contributed by atoms with van der Waals surface area (Å²) in [5.74, 6) is 0.808. The molecule has 4 rings (SSSR count). The summed E-state index contributed by atoms with van der Waals surface area (Å²) in [4.78, 5) is 9.56. The third kappa shape index (κ3) is 5.89. The van der Waals surface area contributed by atoms with Gasteiger partial charge in [0.15, 0.2) is 0 Å². The Hall–Kier alpha value is -2.25. The number of aromatic nitrogens is 1. The quantitative estimate of drug-likeness (QED) is 0.599. The van der Waals surface area contributed by atoms with Gasteiger partial charge in [-0.3, -0.25) is 9.80 Å². The van der Waals surface area contributed by atoms with Crippen LogP contribution in [0, 0.1) is 6.92 Å². The molecule has 1 saturated heterocycles. The molecule has 1 N–H and O–H groups in total. The van der Waals surface area contributed by atoms with E-state index in [9.17, 15) is 5.11 Å². The third-order valence-electron chi connectivity index (χ3n) is 5.36. The second kappa shape index (κ2) is 10.2. The largest absolute Gasteiger partial charge is 0.491 e. The van der Waals surface area contributed by atoms with E-state index in [1.807, 2.05) is 30.3 Å². The van der Waals surface area contributed by atoms with Crippen LogP contribution in [0.3, 0.4) is 0 Å². The van der Waals surface area contributed by atoms with Crippen LogP contribution in [-0.2, 0) is 6.54 Å². The van der Waals surface area contributed by atoms with Gasteiger partial charge < -0.3 is 9.84 Å². The lowest BCUT2D eigenvalue weighted by molar-refractivity contribution is 0.0444. The van der Waals surface area contributed by atoms with E-state index in [0.717, 1.165) is 49.2 Å². The molecule has 0 amide bonds. The van der Waals surface area contributed by atoms with Crippen LogP contribution < -0.4 is 4.74 Å². The maximum absolute atomic E-state index is 10.3. The summed E-state index contributed by atoms with van der Waals surface area (Å²) in [6.07, 6.45) is -0.482. The van der Waals surface area contributed by atoms with Crippen molar-refractivity contribution in [2.75, 3.05) is 39.3 Å². The molecule has 1 unspecified atom stereocenters. The zero-order valence-corrected chi connectivity index (χ0v) is 18.2. The lowest BCUT2D eigenvalue weighted by Gasteiger charge is -2.35. The Kier molecular flexibility index (Phi) is 7.12. The zero-order valence-electron chi connectivity index (χ0n) is 17.4. The van der Waals surface area contributed by atoms with Crippen LogP contribution in [0.2, 0.25) is 0 Å². The van der Waals surface area contributed by atoms with Gasteiger partial charge in [-0.15, -0.1) is 11.3 Å². The molecule has 0 spiro atoms. The Morgan fingerprint density at radius 3 is 2.43 bits per heavy atom. The van der Waals surface area contributed by atoms with Crippen molar-refractivity contribution in [3.63, 3.8) is 0 Å². The molecule has 0 radical (unpaired) electrons. The molecule has 3 aromatic rings. The molecule has 0 saturated carbocycles. The summed E-state index contributed by atoms with van der Waals surface area (Å²) in [5, 5.41) is 13.6. The zero-order chi connectivity index (χ0) is 20.8.